The SMILES string of the molecule is C#C[C@@H]1N[C@H]1c1ccccc1. The van der Waals surface area contributed by atoms with Crippen molar-refractivity contribution in [1.82, 2.24) is 5.32 Å². The average Bonchev–Trinajstić information content (AvgIpc) is 2.85. The third-order valence-electron chi connectivity index (χ3n) is 1.92. The summed E-state index contributed by atoms with van der Waals surface area (Å²) < 4.78 is 0. The first-order valence-corrected chi connectivity index (χ1v) is 3.69. The molecule has 0 radical (unpaired) electrons. The third kappa shape index (κ3) is 1.13. The Morgan fingerprint density at radius 2 is 2.00 bits per heavy atom. The summed E-state index contributed by atoms with van der Waals surface area (Å²) in [6.45, 7) is 0. The highest BCUT2D eigenvalue weighted by molar-refractivity contribution is 5.31. The van der Waals surface area contributed by atoms with Gasteiger partial charge in [-0.25, -0.2) is 0 Å². The Kier molecular flexibility index (Phi) is 1.41. The van der Waals surface area contributed by atoms with Gasteiger partial charge in [0.25, 0.3) is 0 Å². The van der Waals surface area contributed by atoms with Gasteiger partial charge in [0.2, 0.25) is 0 Å². The van der Waals surface area contributed by atoms with Crippen LogP contribution in [0.15, 0.2) is 30.3 Å². The molecule has 1 fully saturated rings. The molecule has 1 aliphatic heterocycles. The summed E-state index contributed by atoms with van der Waals surface area (Å²) >= 11 is 0. The van der Waals surface area contributed by atoms with Gasteiger partial charge in [0, 0.05) is 0 Å². The molecule has 2 atom stereocenters. The zero-order valence-electron chi connectivity index (χ0n) is 6.12. The molecule has 1 nitrogen and oxygen atoms in total. The fourth-order valence-electron chi connectivity index (χ4n) is 1.23. The van der Waals surface area contributed by atoms with E-state index in [0.29, 0.717) is 6.04 Å². The summed E-state index contributed by atoms with van der Waals surface area (Å²) in [5.74, 6) is 2.68. The van der Waals surface area contributed by atoms with E-state index in [2.05, 4.69) is 23.4 Å². The lowest BCUT2D eigenvalue weighted by molar-refractivity contribution is 1.07. The van der Waals surface area contributed by atoms with Crippen LogP contribution in [0.25, 0.3) is 0 Å². The molecule has 1 aromatic rings. The highest BCUT2D eigenvalue weighted by Gasteiger charge is 2.35. The van der Waals surface area contributed by atoms with Crippen molar-refractivity contribution in [1.29, 1.82) is 0 Å². The molecule has 1 heterocycles. The van der Waals surface area contributed by atoms with E-state index < -0.39 is 0 Å². The molecule has 1 saturated heterocycles. The van der Waals surface area contributed by atoms with Crippen LogP contribution in [0, 0.1) is 12.3 Å². The van der Waals surface area contributed by atoms with E-state index in [1.807, 2.05) is 18.2 Å². The van der Waals surface area contributed by atoms with Gasteiger partial charge in [0.1, 0.15) is 0 Å². The molecule has 0 aliphatic carbocycles. The van der Waals surface area contributed by atoms with Gasteiger partial charge in [0.05, 0.1) is 12.1 Å². The molecule has 1 heteroatoms. The molecule has 0 amide bonds. The lowest BCUT2D eigenvalue weighted by Gasteiger charge is -1.92. The minimum Gasteiger partial charge on any atom is -0.293 e. The lowest BCUT2D eigenvalue weighted by Crippen LogP contribution is -1.82. The van der Waals surface area contributed by atoms with Gasteiger partial charge in [0.15, 0.2) is 0 Å². The van der Waals surface area contributed by atoms with Crippen molar-refractivity contribution in [2.75, 3.05) is 0 Å². The lowest BCUT2D eigenvalue weighted by atomic mass is 10.1. The molecule has 1 N–H and O–H groups in total. The Labute approximate surface area is 66.4 Å². The van der Waals surface area contributed by atoms with Gasteiger partial charge in [-0.15, -0.1) is 6.42 Å². The van der Waals surface area contributed by atoms with Crippen LogP contribution >= 0.6 is 0 Å². The van der Waals surface area contributed by atoms with Crippen LogP contribution in [0.4, 0.5) is 0 Å². The smallest absolute Gasteiger partial charge is 0.0890 e. The van der Waals surface area contributed by atoms with E-state index in [1.165, 1.54) is 5.56 Å². The summed E-state index contributed by atoms with van der Waals surface area (Å²) in [5.41, 5.74) is 1.29. The van der Waals surface area contributed by atoms with Crippen molar-refractivity contribution in [2.45, 2.75) is 12.1 Å². The van der Waals surface area contributed by atoms with Crippen molar-refractivity contribution in [3.63, 3.8) is 0 Å². The van der Waals surface area contributed by atoms with Crippen molar-refractivity contribution < 1.29 is 0 Å². The Hall–Kier alpha value is -1.26. The molecule has 0 aromatic heterocycles. The van der Waals surface area contributed by atoms with Crippen molar-refractivity contribution in [3.05, 3.63) is 35.9 Å². The maximum atomic E-state index is 5.25. The highest BCUT2D eigenvalue weighted by atomic mass is 15.1. The van der Waals surface area contributed by atoms with Crippen LogP contribution in [-0.2, 0) is 0 Å². The number of hydrogen-bond donors (Lipinski definition) is 1. The Balaban J connectivity index is 2.16. The quantitative estimate of drug-likeness (QED) is 0.465. The summed E-state index contributed by atoms with van der Waals surface area (Å²) in [7, 11) is 0. The predicted molar refractivity (Wildman–Crippen MR) is 44.9 cm³/mol. The second kappa shape index (κ2) is 2.41. The van der Waals surface area contributed by atoms with Crippen molar-refractivity contribution in [3.8, 4) is 12.3 Å². The molecule has 11 heavy (non-hydrogen) atoms. The predicted octanol–water partition coefficient (Wildman–Crippen LogP) is 1.33. The minimum atomic E-state index is 0.261. The monoisotopic (exact) mass is 143 g/mol. The fraction of sp³-hybridized carbons (Fsp3) is 0.200. The first-order valence-electron chi connectivity index (χ1n) is 3.69. The summed E-state index contributed by atoms with van der Waals surface area (Å²) in [6.07, 6.45) is 5.25. The molecule has 0 bridgehead atoms. The van der Waals surface area contributed by atoms with Gasteiger partial charge >= 0.3 is 0 Å². The maximum absolute atomic E-state index is 5.25. The second-order valence-corrected chi connectivity index (χ2v) is 2.70. The third-order valence-corrected chi connectivity index (χ3v) is 1.92. The van der Waals surface area contributed by atoms with Crippen LogP contribution < -0.4 is 5.32 Å². The van der Waals surface area contributed by atoms with E-state index >= 15 is 0 Å². The zero-order valence-corrected chi connectivity index (χ0v) is 6.12. The van der Waals surface area contributed by atoms with E-state index in [0.717, 1.165) is 0 Å². The van der Waals surface area contributed by atoms with Crippen molar-refractivity contribution in [2.24, 2.45) is 0 Å². The molecular weight excluding hydrogens is 134 g/mol. The van der Waals surface area contributed by atoms with Crippen LogP contribution in [0.5, 0.6) is 0 Å². The van der Waals surface area contributed by atoms with Gasteiger partial charge in [-0.05, 0) is 5.56 Å². The molecule has 2 rings (SSSR count). The number of hydrogen-bond acceptors (Lipinski definition) is 1. The van der Waals surface area contributed by atoms with Gasteiger partial charge in [-0.3, -0.25) is 5.32 Å². The van der Waals surface area contributed by atoms with E-state index in [4.69, 9.17) is 6.42 Å². The van der Waals surface area contributed by atoms with Gasteiger partial charge < -0.3 is 0 Å². The molecule has 1 aromatic carbocycles. The van der Waals surface area contributed by atoms with Crippen LogP contribution in [0.2, 0.25) is 0 Å². The molecule has 0 spiro atoms. The second-order valence-electron chi connectivity index (χ2n) is 2.70. The van der Waals surface area contributed by atoms with Crippen LogP contribution in [-0.4, -0.2) is 6.04 Å². The molecule has 1 aliphatic rings. The minimum absolute atomic E-state index is 0.261. The van der Waals surface area contributed by atoms with E-state index in [9.17, 15) is 0 Å². The average molecular weight is 143 g/mol. The normalized spacial score (nSPS) is 27.5. The van der Waals surface area contributed by atoms with Crippen molar-refractivity contribution >= 4 is 0 Å². The number of rotatable bonds is 1. The van der Waals surface area contributed by atoms with E-state index in [-0.39, 0.29) is 6.04 Å². The Morgan fingerprint density at radius 1 is 1.27 bits per heavy atom. The molecular formula is C10H9N. The first kappa shape index (κ1) is 6.45. The largest absolute Gasteiger partial charge is 0.293 e. The number of terminal acetylenes is 1. The summed E-state index contributed by atoms with van der Waals surface area (Å²) in [5, 5.41) is 3.20. The molecule has 0 saturated carbocycles. The molecule has 0 unspecified atom stereocenters. The maximum Gasteiger partial charge on any atom is 0.0890 e. The van der Waals surface area contributed by atoms with Crippen LogP contribution in [0.1, 0.15) is 11.6 Å². The van der Waals surface area contributed by atoms with Gasteiger partial charge in [-0.2, -0.15) is 0 Å². The van der Waals surface area contributed by atoms with Crippen LogP contribution in [0.3, 0.4) is 0 Å². The van der Waals surface area contributed by atoms with E-state index in [1.54, 1.807) is 0 Å². The zero-order chi connectivity index (χ0) is 7.68. The fourth-order valence-corrected chi connectivity index (χ4v) is 1.23. The topological polar surface area (TPSA) is 21.9 Å². The Bertz CT molecular complexity index is 283. The number of nitrogens with one attached hydrogen (secondary N) is 1. The highest BCUT2D eigenvalue weighted by Crippen LogP contribution is 2.28. The molecule has 54 valence electrons. The van der Waals surface area contributed by atoms with Gasteiger partial charge in [-0.1, -0.05) is 36.3 Å². The number of benzene rings is 1. The summed E-state index contributed by atoms with van der Waals surface area (Å²) in [4.78, 5) is 0. The standard InChI is InChI=1S/C10H9N/c1-2-9-10(11-9)8-6-4-3-5-7-8/h1,3-7,9-11H/t9-,10-/m0/s1. The Morgan fingerprint density at radius 3 is 2.55 bits per heavy atom. The first-order chi connectivity index (χ1) is 5.42. The summed E-state index contributed by atoms with van der Waals surface area (Å²) in [6, 6.07) is 10.9.